The molecule has 3 aliphatic heterocycles. The number of carbonyl (C=O) groups is 1. The van der Waals surface area contributed by atoms with Crippen LogP contribution in [0.25, 0.3) is 0 Å². The summed E-state index contributed by atoms with van der Waals surface area (Å²) in [5.41, 5.74) is 0.759. The van der Waals surface area contributed by atoms with Crippen LogP contribution in [0.2, 0.25) is 0 Å². The third kappa shape index (κ3) is 2.61. The van der Waals surface area contributed by atoms with E-state index in [-0.39, 0.29) is 5.78 Å². The number of carbonyl (C=O) groups excluding carboxylic acids is 1. The molecule has 0 fully saturated rings. The SMILES string of the molecule is O=C1c2cccc(n2)N2[B]N(C=C2)CCN2[B]N(C=C2)c2cccc1n2. The van der Waals surface area contributed by atoms with E-state index in [1.807, 2.05) is 73.8 Å². The van der Waals surface area contributed by atoms with Crippen LogP contribution in [-0.4, -0.2) is 53.6 Å². The van der Waals surface area contributed by atoms with Gasteiger partial charge in [0, 0.05) is 37.9 Å². The number of hydrogen-bond donors (Lipinski definition) is 0. The van der Waals surface area contributed by atoms with E-state index in [1.165, 1.54) is 0 Å². The molecule has 0 N–H and O–H groups in total. The van der Waals surface area contributed by atoms with E-state index >= 15 is 0 Å². The van der Waals surface area contributed by atoms with E-state index in [0.29, 0.717) is 23.0 Å². The van der Waals surface area contributed by atoms with E-state index in [2.05, 4.69) is 19.6 Å². The molecular formula is C17H14B2N6O. The Balaban J connectivity index is 1.57. The predicted octanol–water partition coefficient (Wildman–Crippen LogP) is 0.976. The van der Waals surface area contributed by atoms with Crippen molar-refractivity contribution in [3.8, 4) is 0 Å². The number of ketones is 1. The molecule has 2 aromatic heterocycles. The molecule has 2 aromatic rings. The summed E-state index contributed by atoms with van der Waals surface area (Å²) in [7, 11) is 3.96. The molecule has 124 valence electrons. The maximum absolute atomic E-state index is 12.9. The normalized spacial score (nSPS) is 17.8. The number of aromatic nitrogens is 2. The highest BCUT2D eigenvalue weighted by Crippen LogP contribution is 2.20. The van der Waals surface area contributed by atoms with Crippen LogP contribution in [0.15, 0.2) is 61.2 Å². The Morgan fingerprint density at radius 2 is 1.23 bits per heavy atom. The maximum atomic E-state index is 12.9. The topological polar surface area (TPSA) is 55.8 Å². The summed E-state index contributed by atoms with van der Waals surface area (Å²) in [5.74, 6) is 1.22. The number of hydrogen-bond acceptors (Lipinski definition) is 7. The van der Waals surface area contributed by atoms with Crippen molar-refractivity contribution in [2.75, 3.05) is 22.7 Å². The van der Waals surface area contributed by atoms with Gasteiger partial charge in [-0.05, 0) is 24.3 Å². The lowest BCUT2D eigenvalue weighted by molar-refractivity contribution is 0.103. The van der Waals surface area contributed by atoms with Gasteiger partial charge in [-0.3, -0.25) is 4.79 Å². The van der Waals surface area contributed by atoms with Gasteiger partial charge < -0.3 is 19.2 Å². The Morgan fingerprint density at radius 1 is 0.731 bits per heavy atom. The highest BCUT2D eigenvalue weighted by atomic mass is 16.1. The molecule has 9 heteroatoms. The van der Waals surface area contributed by atoms with Gasteiger partial charge in [0.05, 0.1) is 0 Å². The molecule has 26 heavy (non-hydrogen) atoms. The van der Waals surface area contributed by atoms with Crippen LogP contribution in [0, 0.1) is 0 Å². The number of rotatable bonds is 0. The lowest BCUT2D eigenvalue weighted by atomic mass is 10.1. The fourth-order valence-corrected chi connectivity index (χ4v) is 3.07. The fraction of sp³-hybridized carbons (Fsp3) is 0.118. The molecule has 7 nitrogen and oxygen atoms in total. The second-order valence-electron chi connectivity index (χ2n) is 6.21. The predicted molar refractivity (Wildman–Crippen MR) is 100 cm³/mol. The maximum Gasteiger partial charge on any atom is 0.396 e. The molecular weight excluding hydrogens is 326 g/mol. The zero-order valence-corrected chi connectivity index (χ0v) is 13.9. The highest BCUT2D eigenvalue weighted by molar-refractivity contribution is 6.41. The van der Waals surface area contributed by atoms with E-state index in [9.17, 15) is 4.79 Å². The van der Waals surface area contributed by atoms with Crippen molar-refractivity contribution in [1.29, 1.82) is 0 Å². The Labute approximate surface area is 152 Å². The van der Waals surface area contributed by atoms with Crippen LogP contribution < -0.4 is 9.62 Å². The van der Waals surface area contributed by atoms with Gasteiger partial charge in [-0.1, -0.05) is 12.1 Å². The first-order valence-corrected chi connectivity index (χ1v) is 8.40. The summed E-state index contributed by atoms with van der Waals surface area (Å²) in [6.45, 7) is 1.65. The number of nitrogens with zero attached hydrogens (tertiary/aromatic N) is 6. The van der Waals surface area contributed by atoms with Crippen molar-refractivity contribution < 1.29 is 4.79 Å². The Kier molecular flexibility index (Phi) is 3.44. The summed E-state index contributed by atoms with van der Waals surface area (Å²) in [6, 6.07) is 10.9. The summed E-state index contributed by atoms with van der Waals surface area (Å²) >= 11 is 0. The second-order valence-corrected chi connectivity index (χ2v) is 6.21. The Morgan fingerprint density at radius 3 is 1.73 bits per heavy atom. The summed E-state index contributed by atoms with van der Waals surface area (Å²) < 4.78 is 0. The standard InChI is InChI=1S/C17H14B2N6O/c26-17-13-3-1-5-15(20-13)24-11-9-22(18-24)7-8-23-10-12-25(19-23)16-6-2-4-14(17)21-16/h1-6,9-12H,7-8H2. The molecule has 0 aliphatic carbocycles. The van der Waals surface area contributed by atoms with Gasteiger partial charge >= 0.3 is 15.1 Å². The minimum Gasteiger partial charge on any atom is -0.402 e. The molecule has 0 unspecified atom stereocenters. The van der Waals surface area contributed by atoms with Gasteiger partial charge in [0.1, 0.15) is 23.0 Å². The first-order valence-electron chi connectivity index (χ1n) is 8.40. The third-order valence-electron chi connectivity index (χ3n) is 4.46. The van der Waals surface area contributed by atoms with E-state index in [0.717, 1.165) is 13.1 Å². The van der Waals surface area contributed by atoms with Gasteiger partial charge in [-0.15, -0.1) is 0 Å². The lowest BCUT2D eigenvalue weighted by Crippen LogP contribution is -2.37. The van der Waals surface area contributed by atoms with Crippen molar-refractivity contribution >= 4 is 32.5 Å². The highest BCUT2D eigenvalue weighted by Gasteiger charge is 2.24. The van der Waals surface area contributed by atoms with Crippen molar-refractivity contribution in [2.45, 2.75) is 0 Å². The quantitative estimate of drug-likeness (QED) is 0.663. The first kappa shape index (κ1) is 15.1. The molecule has 8 bridgehead atoms. The largest absolute Gasteiger partial charge is 0.402 e. The number of anilines is 2. The van der Waals surface area contributed by atoms with E-state index in [1.54, 1.807) is 12.1 Å². The molecule has 0 aromatic carbocycles. The van der Waals surface area contributed by atoms with Crippen molar-refractivity contribution in [3.05, 3.63) is 72.6 Å². The van der Waals surface area contributed by atoms with Crippen molar-refractivity contribution in [3.63, 3.8) is 0 Å². The van der Waals surface area contributed by atoms with Crippen LogP contribution >= 0.6 is 0 Å². The molecule has 0 saturated carbocycles. The van der Waals surface area contributed by atoms with E-state index in [4.69, 9.17) is 0 Å². The number of pyridine rings is 2. The van der Waals surface area contributed by atoms with Crippen molar-refractivity contribution in [1.82, 2.24) is 19.6 Å². The van der Waals surface area contributed by atoms with Gasteiger partial charge in [-0.2, -0.15) is 0 Å². The van der Waals surface area contributed by atoms with Crippen LogP contribution in [0.4, 0.5) is 11.6 Å². The van der Waals surface area contributed by atoms with Gasteiger partial charge in [0.2, 0.25) is 5.78 Å². The van der Waals surface area contributed by atoms with E-state index < -0.39 is 0 Å². The molecule has 5 rings (SSSR count). The molecule has 2 radical (unpaired) electrons. The van der Waals surface area contributed by atoms with Crippen LogP contribution in [-0.2, 0) is 0 Å². The summed E-state index contributed by atoms with van der Waals surface area (Å²) in [5, 5.41) is 0. The Bertz CT molecular complexity index is 859. The third-order valence-corrected chi connectivity index (χ3v) is 4.46. The van der Waals surface area contributed by atoms with Gasteiger partial charge in [0.15, 0.2) is 0 Å². The average molecular weight is 340 g/mol. The first-order chi connectivity index (χ1) is 12.8. The lowest BCUT2D eigenvalue weighted by Gasteiger charge is -2.22. The summed E-state index contributed by atoms with van der Waals surface area (Å²) in [6.07, 6.45) is 7.89. The van der Waals surface area contributed by atoms with Crippen LogP contribution in [0.5, 0.6) is 0 Å². The van der Waals surface area contributed by atoms with Crippen LogP contribution in [0.1, 0.15) is 16.2 Å². The minimum absolute atomic E-state index is 0.191. The molecule has 0 saturated heterocycles. The van der Waals surface area contributed by atoms with Crippen molar-refractivity contribution in [2.24, 2.45) is 0 Å². The zero-order valence-electron chi connectivity index (χ0n) is 13.9. The molecule has 0 atom stereocenters. The monoisotopic (exact) mass is 340 g/mol. The molecule has 5 heterocycles. The molecule has 3 aliphatic rings. The smallest absolute Gasteiger partial charge is 0.396 e. The second kappa shape index (κ2) is 5.94. The zero-order chi connectivity index (χ0) is 17.5. The van der Waals surface area contributed by atoms with Gasteiger partial charge in [0.25, 0.3) is 0 Å². The molecule has 0 spiro atoms. The number of fused-ring (bicyclic) bond motifs is 10. The van der Waals surface area contributed by atoms with Crippen LogP contribution in [0.3, 0.4) is 0 Å². The molecule has 0 amide bonds. The Hall–Kier alpha value is -3.22. The minimum atomic E-state index is -0.191. The fourth-order valence-electron chi connectivity index (χ4n) is 3.07. The average Bonchev–Trinajstić information content (AvgIpc) is 3.35. The summed E-state index contributed by atoms with van der Waals surface area (Å²) in [4.78, 5) is 30.0. The van der Waals surface area contributed by atoms with Gasteiger partial charge in [-0.25, -0.2) is 9.97 Å².